The zero-order chi connectivity index (χ0) is 14.3. The number of carbonyl (C=O) groups excluding carboxylic acids is 2. The molecule has 0 aliphatic heterocycles. The van der Waals surface area contributed by atoms with Gasteiger partial charge in [0.15, 0.2) is 5.78 Å². The third-order valence-corrected chi connectivity index (χ3v) is 2.91. The predicted molar refractivity (Wildman–Crippen MR) is 72.4 cm³/mol. The summed E-state index contributed by atoms with van der Waals surface area (Å²) in [4.78, 5) is 23.4. The number of ketones is 1. The van der Waals surface area contributed by atoms with Gasteiger partial charge in [0.2, 0.25) is 0 Å². The van der Waals surface area contributed by atoms with E-state index in [1.807, 2.05) is 0 Å². The van der Waals surface area contributed by atoms with Crippen LogP contribution >= 0.6 is 0 Å². The van der Waals surface area contributed by atoms with Crippen LogP contribution in [-0.2, 0) is 9.53 Å². The molecule has 4 heteroatoms. The van der Waals surface area contributed by atoms with E-state index >= 15 is 0 Å². The molecule has 1 atom stereocenters. The molecule has 0 saturated heterocycles. The number of rotatable bonds is 7. The molecule has 19 heavy (non-hydrogen) atoms. The molecule has 1 aromatic carbocycles. The van der Waals surface area contributed by atoms with Crippen molar-refractivity contribution in [2.45, 2.75) is 26.7 Å². The maximum Gasteiger partial charge on any atom is 0.308 e. The number of methoxy groups -OCH3 is 1. The van der Waals surface area contributed by atoms with Crippen molar-refractivity contribution in [2.24, 2.45) is 5.92 Å². The van der Waals surface area contributed by atoms with Crippen LogP contribution in [0.1, 0.15) is 37.0 Å². The molecule has 0 saturated carbocycles. The monoisotopic (exact) mass is 264 g/mol. The van der Waals surface area contributed by atoms with Crippen molar-refractivity contribution in [3.05, 3.63) is 29.8 Å². The lowest BCUT2D eigenvalue weighted by molar-refractivity contribution is -0.147. The van der Waals surface area contributed by atoms with Crippen molar-refractivity contribution in [1.29, 1.82) is 0 Å². The second-order valence-corrected chi connectivity index (χ2v) is 4.34. The highest BCUT2D eigenvalue weighted by Gasteiger charge is 2.16. The molecule has 0 amide bonds. The van der Waals surface area contributed by atoms with Crippen molar-refractivity contribution in [3.8, 4) is 5.75 Å². The van der Waals surface area contributed by atoms with E-state index in [1.165, 1.54) is 0 Å². The Bertz CT molecular complexity index is 422. The first-order valence-corrected chi connectivity index (χ1v) is 6.42. The molecule has 1 aromatic rings. The van der Waals surface area contributed by atoms with Gasteiger partial charge in [-0.25, -0.2) is 0 Å². The number of ether oxygens (including phenoxy) is 2. The third-order valence-electron chi connectivity index (χ3n) is 2.91. The highest BCUT2D eigenvalue weighted by Crippen LogP contribution is 2.15. The summed E-state index contributed by atoms with van der Waals surface area (Å²) in [5.41, 5.74) is 0.636. The molecule has 104 valence electrons. The summed E-state index contributed by atoms with van der Waals surface area (Å²) < 4.78 is 9.94. The minimum absolute atomic E-state index is 0.0267. The van der Waals surface area contributed by atoms with Crippen LogP contribution in [0.4, 0.5) is 0 Å². The number of hydrogen-bond donors (Lipinski definition) is 0. The van der Waals surface area contributed by atoms with Gasteiger partial charge in [0.25, 0.3) is 0 Å². The highest BCUT2D eigenvalue weighted by molar-refractivity contribution is 5.96. The largest absolute Gasteiger partial charge is 0.497 e. The standard InChI is InChI=1S/C15H20O4/c1-4-19-15(17)11(2)5-10-14(16)12-6-8-13(18-3)9-7-12/h6-9,11H,4-5,10H2,1-3H3. The lowest BCUT2D eigenvalue weighted by Gasteiger charge is -2.09. The SMILES string of the molecule is CCOC(=O)C(C)CCC(=O)c1ccc(OC)cc1. The number of benzene rings is 1. The summed E-state index contributed by atoms with van der Waals surface area (Å²) >= 11 is 0. The summed E-state index contributed by atoms with van der Waals surface area (Å²) in [5, 5.41) is 0. The maximum atomic E-state index is 11.9. The first kappa shape index (κ1) is 15.2. The number of hydrogen-bond acceptors (Lipinski definition) is 4. The van der Waals surface area contributed by atoms with Gasteiger partial charge in [-0.3, -0.25) is 9.59 Å². The number of esters is 1. The van der Waals surface area contributed by atoms with Crippen LogP contribution in [0.25, 0.3) is 0 Å². The minimum atomic E-state index is -0.248. The van der Waals surface area contributed by atoms with Crippen LogP contribution in [0.2, 0.25) is 0 Å². The second-order valence-electron chi connectivity index (χ2n) is 4.34. The summed E-state index contributed by atoms with van der Waals surface area (Å²) in [6.07, 6.45) is 0.843. The van der Waals surface area contributed by atoms with Crippen molar-refractivity contribution in [2.75, 3.05) is 13.7 Å². The molecule has 0 N–H and O–H groups in total. The smallest absolute Gasteiger partial charge is 0.308 e. The van der Waals surface area contributed by atoms with Crippen molar-refractivity contribution in [1.82, 2.24) is 0 Å². The molecule has 4 nitrogen and oxygen atoms in total. The summed E-state index contributed by atoms with van der Waals surface area (Å²) in [5.74, 6) is 0.252. The topological polar surface area (TPSA) is 52.6 Å². The van der Waals surface area contributed by atoms with E-state index in [4.69, 9.17) is 9.47 Å². The van der Waals surface area contributed by atoms with E-state index in [9.17, 15) is 9.59 Å². The van der Waals surface area contributed by atoms with E-state index in [2.05, 4.69) is 0 Å². The Morgan fingerprint density at radius 3 is 2.37 bits per heavy atom. The minimum Gasteiger partial charge on any atom is -0.497 e. The molecule has 1 rings (SSSR count). The zero-order valence-corrected chi connectivity index (χ0v) is 11.6. The zero-order valence-electron chi connectivity index (χ0n) is 11.6. The quantitative estimate of drug-likeness (QED) is 0.561. The van der Waals surface area contributed by atoms with Crippen LogP contribution in [0.15, 0.2) is 24.3 Å². The van der Waals surface area contributed by atoms with E-state index in [0.29, 0.717) is 25.0 Å². The summed E-state index contributed by atoms with van der Waals surface area (Å²) in [6, 6.07) is 6.97. The summed E-state index contributed by atoms with van der Waals surface area (Å²) in [6.45, 7) is 3.92. The molecule has 0 spiro atoms. The molecule has 0 aromatic heterocycles. The Morgan fingerprint density at radius 1 is 1.21 bits per heavy atom. The Kier molecular flexibility index (Phi) is 6.06. The Hall–Kier alpha value is -1.84. The average molecular weight is 264 g/mol. The fourth-order valence-electron chi connectivity index (χ4n) is 1.67. The van der Waals surface area contributed by atoms with Gasteiger partial charge in [-0.1, -0.05) is 6.92 Å². The van der Waals surface area contributed by atoms with Crippen molar-refractivity contribution in [3.63, 3.8) is 0 Å². The highest BCUT2D eigenvalue weighted by atomic mass is 16.5. The molecule has 0 heterocycles. The van der Waals surface area contributed by atoms with Crippen LogP contribution in [0.5, 0.6) is 5.75 Å². The predicted octanol–water partition coefficient (Wildman–Crippen LogP) is 2.86. The lowest BCUT2D eigenvalue weighted by Crippen LogP contribution is -2.16. The van der Waals surface area contributed by atoms with Gasteiger partial charge < -0.3 is 9.47 Å². The van der Waals surface area contributed by atoms with Crippen molar-refractivity contribution >= 4 is 11.8 Å². The molecule has 0 radical (unpaired) electrons. The summed E-state index contributed by atoms with van der Waals surface area (Å²) in [7, 11) is 1.58. The van der Waals surface area contributed by atoms with Crippen LogP contribution in [-0.4, -0.2) is 25.5 Å². The Morgan fingerprint density at radius 2 is 1.84 bits per heavy atom. The van der Waals surface area contributed by atoms with Gasteiger partial charge in [0.1, 0.15) is 5.75 Å². The first-order valence-electron chi connectivity index (χ1n) is 6.42. The normalized spacial score (nSPS) is 11.7. The lowest BCUT2D eigenvalue weighted by atomic mass is 10.00. The van der Waals surface area contributed by atoms with Crippen molar-refractivity contribution < 1.29 is 19.1 Å². The van der Waals surface area contributed by atoms with Crippen LogP contribution in [0, 0.1) is 5.92 Å². The van der Waals surface area contributed by atoms with Gasteiger partial charge in [0.05, 0.1) is 19.6 Å². The molecular formula is C15H20O4. The van der Waals surface area contributed by atoms with E-state index in [1.54, 1.807) is 45.2 Å². The Labute approximate surface area is 113 Å². The molecule has 1 unspecified atom stereocenters. The molecular weight excluding hydrogens is 244 g/mol. The maximum absolute atomic E-state index is 11.9. The van der Waals surface area contributed by atoms with Crippen LogP contribution in [0.3, 0.4) is 0 Å². The van der Waals surface area contributed by atoms with Crippen LogP contribution < -0.4 is 4.74 Å². The van der Waals surface area contributed by atoms with Gasteiger partial charge in [-0.2, -0.15) is 0 Å². The van der Waals surface area contributed by atoms with Gasteiger partial charge in [-0.05, 0) is 37.6 Å². The fourth-order valence-corrected chi connectivity index (χ4v) is 1.67. The Balaban J connectivity index is 2.48. The number of carbonyl (C=O) groups is 2. The molecule has 0 bridgehead atoms. The second kappa shape index (κ2) is 7.56. The van der Waals surface area contributed by atoms with E-state index < -0.39 is 0 Å². The third kappa shape index (κ3) is 4.73. The van der Waals surface area contributed by atoms with Gasteiger partial charge in [0, 0.05) is 12.0 Å². The van der Waals surface area contributed by atoms with E-state index in [0.717, 1.165) is 5.75 Å². The molecule has 0 aliphatic rings. The van der Waals surface area contributed by atoms with Gasteiger partial charge in [-0.15, -0.1) is 0 Å². The number of Topliss-reactive ketones (excluding diaryl/α,β-unsaturated/α-hetero) is 1. The average Bonchev–Trinajstić information content (AvgIpc) is 2.44. The first-order chi connectivity index (χ1) is 9.08. The van der Waals surface area contributed by atoms with E-state index in [-0.39, 0.29) is 17.7 Å². The van der Waals surface area contributed by atoms with Gasteiger partial charge >= 0.3 is 5.97 Å². The molecule has 0 aliphatic carbocycles. The fraction of sp³-hybridized carbons (Fsp3) is 0.467. The molecule has 0 fully saturated rings.